The maximum absolute atomic E-state index is 12.8. The minimum absolute atomic E-state index is 0.0125. The molecule has 0 heterocycles. The number of nitrogens with two attached hydrogens (primary N) is 1. The Bertz CT molecular complexity index is 2800. The molecule has 328 valence electrons. The highest BCUT2D eigenvalue weighted by Gasteiger charge is 2.28. The van der Waals surface area contributed by atoms with E-state index in [2.05, 4.69) is 9.62 Å². The molecule has 0 fully saturated rings. The van der Waals surface area contributed by atoms with Crippen molar-refractivity contribution in [2.45, 2.75) is 77.0 Å². The molecule has 5 N–H and O–H groups in total. The van der Waals surface area contributed by atoms with Crippen LogP contribution in [0, 0.1) is 41.5 Å². The average molecular weight is 912 g/mol. The van der Waals surface area contributed by atoms with Gasteiger partial charge < -0.3 is 19.1 Å². The molecule has 0 amide bonds. The highest BCUT2D eigenvalue weighted by atomic mass is 32.2. The molecule has 5 aromatic carbocycles. The van der Waals surface area contributed by atoms with Gasteiger partial charge in [0.1, 0.15) is 0 Å². The van der Waals surface area contributed by atoms with Gasteiger partial charge in [-0.25, -0.2) is 13.6 Å². The quantitative estimate of drug-likeness (QED) is 0.0398. The summed E-state index contributed by atoms with van der Waals surface area (Å²) in [6.07, 6.45) is 0.751. The summed E-state index contributed by atoms with van der Waals surface area (Å²) in [5, 5.41) is 5.65. The normalized spacial score (nSPS) is 13.2. The molecule has 0 aromatic heterocycles. The van der Waals surface area contributed by atoms with E-state index < -0.39 is 53.2 Å². The van der Waals surface area contributed by atoms with Crippen molar-refractivity contribution in [1.29, 1.82) is 0 Å². The van der Waals surface area contributed by atoms with E-state index in [1.54, 1.807) is 68.1 Å². The highest BCUT2D eigenvalue weighted by molar-refractivity contribution is 7.89. The molecule has 0 saturated heterocycles. The van der Waals surface area contributed by atoms with Crippen LogP contribution >= 0.6 is 0 Å². The van der Waals surface area contributed by atoms with Gasteiger partial charge in [0.15, 0.2) is 0 Å². The zero-order valence-corrected chi connectivity index (χ0v) is 38.2. The molecule has 2 atom stereocenters. The van der Waals surface area contributed by atoms with E-state index in [0.29, 0.717) is 57.0 Å². The molecule has 5 aromatic rings. The van der Waals surface area contributed by atoms with Crippen LogP contribution in [0.3, 0.4) is 0 Å². The Morgan fingerprint density at radius 2 is 1.20 bits per heavy atom. The van der Waals surface area contributed by atoms with Gasteiger partial charge in [0.05, 0.1) is 21.2 Å². The minimum atomic E-state index is -4.69. The van der Waals surface area contributed by atoms with E-state index in [9.17, 15) is 43.1 Å². The van der Waals surface area contributed by atoms with Gasteiger partial charge in [-0.2, -0.15) is 16.8 Å². The Morgan fingerprint density at radius 3 is 1.67 bits per heavy atom. The predicted octanol–water partition coefficient (Wildman–Crippen LogP) is 7.78. The third kappa shape index (κ3) is 10.9. The van der Waals surface area contributed by atoms with E-state index in [0.717, 1.165) is 34.5 Å². The van der Waals surface area contributed by atoms with Crippen LogP contribution in [0.2, 0.25) is 0 Å². The van der Waals surface area contributed by atoms with Crippen LogP contribution in [0.5, 0.6) is 0 Å². The Balaban J connectivity index is 1.67. The average Bonchev–Trinajstić information content (AvgIpc) is 3.15. The van der Waals surface area contributed by atoms with Gasteiger partial charge in [0, 0.05) is 53.0 Å². The van der Waals surface area contributed by atoms with Gasteiger partial charge in [0.2, 0.25) is 10.0 Å². The van der Waals surface area contributed by atoms with E-state index in [-0.39, 0.29) is 22.8 Å². The Hall–Kier alpha value is -4.66. The molecule has 14 nitrogen and oxygen atoms in total. The van der Waals surface area contributed by atoms with Crippen LogP contribution in [-0.2, 0) is 41.5 Å². The second-order valence-corrected chi connectivity index (χ2v) is 20.3. The smallest absolute Gasteiger partial charge is 0.294 e. The first kappa shape index (κ1) is 47.4. The number of aryl methyl sites for hydroxylation is 4. The van der Waals surface area contributed by atoms with Crippen molar-refractivity contribution in [1.82, 2.24) is 0 Å². The van der Waals surface area contributed by atoms with Gasteiger partial charge in [-0.05, 0) is 135 Å². The SMILES string of the molecule is CCCN(c1ccc(C(c2ccc(N(CCCS(=O)(=O)O)c3c(C)cc(C)c(S(N)(=O)=O)c3C)cc2)c2ccccc2S(=O)(=O)O)cc1)c1c(C)cc(C)c(NS(=O)[O-])c1C. The lowest BCUT2D eigenvalue weighted by Gasteiger charge is -2.31. The summed E-state index contributed by atoms with van der Waals surface area (Å²) in [6, 6.07) is 24.4. The van der Waals surface area contributed by atoms with Crippen LogP contribution in [0.4, 0.5) is 28.4 Å². The summed E-state index contributed by atoms with van der Waals surface area (Å²) < 4.78 is 120. The van der Waals surface area contributed by atoms with Crippen LogP contribution in [0.15, 0.2) is 94.7 Å². The fourth-order valence-corrected chi connectivity index (χ4v) is 11.1. The molecule has 0 aliphatic heterocycles. The minimum Gasteiger partial charge on any atom is -0.755 e. The first-order valence-corrected chi connectivity index (χ1v) is 25.0. The van der Waals surface area contributed by atoms with Gasteiger partial charge in [-0.3, -0.25) is 13.3 Å². The van der Waals surface area contributed by atoms with Crippen molar-refractivity contribution in [2.24, 2.45) is 5.14 Å². The van der Waals surface area contributed by atoms with Crippen LogP contribution in [-0.4, -0.2) is 62.0 Å². The number of benzene rings is 5. The lowest BCUT2D eigenvalue weighted by atomic mass is 9.85. The topological polar surface area (TPSA) is 228 Å². The Kier molecular flexibility index (Phi) is 14.6. The maximum atomic E-state index is 12.8. The molecule has 0 spiro atoms. The second kappa shape index (κ2) is 18.8. The lowest BCUT2D eigenvalue weighted by Crippen LogP contribution is -2.25. The number of hydrogen-bond acceptors (Lipinski definition) is 10. The first-order chi connectivity index (χ1) is 28.4. The van der Waals surface area contributed by atoms with Crippen molar-refractivity contribution in [3.05, 3.63) is 135 Å². The second-order valence-electron chi connectivity index (χ2n) is 15.1. The first-order valence-electron chi connectivity index (χ1n) is 19.3. The van der Waals surface area contributed by atoms with Crippen molar-refractivity contribution < 1.29 is 43.1 Å². The molecule has 18 heteroatoms. The molecule has 61 heavy (non-hydrogen) atoms. The summed E-state index contributed by atoms with van der Waals surface area (Å²) in [6.45, 7) is 13.4. The number of primary sulfonamides is 1. The monoisotopic (exact) mass is 911 g/mol. The molecule has 0 radical (unpaired) electrons. The number of nitrogens with one attached hydrogen (secondary N) is 1. The van der Waals surface area contributed by atoms with Crippen molar-refractivity contribution in [2.75, 3.05) is 33.4 Å². The molecule has 0 aliphatic carbocycles. The standard InChI is InChI=1S/C43H52N4O10S4/c1-8-22-46(41-28(3)25-27(2)40(31(41)6)45-58(48)49)35-18-14-33(15-19-35)39(37-12-9-10-13-38(37)61(55,56)57)34-16-20-36(21-17-34)47(23-11-24-59(50,51)52)42-29(4)26-30(5)43(32(42)7)60(44,53)54/h9-10,12-21,25-26,39,45H,8,11,22-24H2,1-7H3,(H,48,49)(H2,44,53,54)(H,50,51,52)(H,55,56,57)/p-1. The summed E-state index contributed by atoms with van der Waals surface area (Å²) in [5.41, 5.74) is 8.75. The zero-order valence-electron chi connectivity index (χ0n) is 35.0. The van der Waals surface area contributed by atoms with Gasteiger partial charge in [-0.15, -0.1) is 0 Å². The van der Waals surface area contributed by atoms with Crippen LogP contribution in [0.25, 0.3) is 0 Å². The number of rotatable bonds is 17. The molecule has 2 unspecified atom stereocenters. The van der Waals surface area contributed by atoms with E-state index >= 15 is 0 Å². The van der Waals surface area contributed by atoms with Crippen molar-refractivity contribution in [3.63, 3.8) is 0 Å². The molecular weight excluding hydrogens is 861 g/mol. The van der Waals surface area contributed by atoms with E-state index in [1.165, 1.54) is 12.1 Å². The van der Waals surface area contributed by atoms with E-state index in [4.69, 9.17) is 5.14 Å². The fraction of sp³-hybridized carbons (Fsp3) is 0.302. The summed E-state index contributed by atoms with van der Waals surface area (Å²) >= 11 is -2.53. The van der Waals surface area contributed by atoms with Gasteiger partial charge in [-0.1, -0.05) is 61.5 Å². The predicted molar refractivity (Wildman–Crippen MR) is 241 cm³/mol. The summed E-state index contributed by atoms with van der Waals surface area (Å²) in [5.74, 6) is -1.29. The Morgan fingerprint density at radius 1 is 0.705 bits per heavy atom. The highest BCUT2D eigenvalue weighted by Crippen LogP contribution is 2.42. The summed E-state index contributed by atoms with van der Waals surface area (Å²) in [4.78, 5) is 3.53. The third-order valence-corrected chi connectivity index (χ3v) is 13.9. The summed E-state index contributed by atoms with van der Waals surface area (Å²) in [7, 11) is -13.2. The lowest BCUT2D eigenvalue weighted by molar-refractivity contribution is 0.479. The number of anilines is 5. The fourth-order valence-electron chi connectivity index (χ4n) is 8.41. The zero-order chi connectivity index (χ0) is 45.2. The molecule has 0 bridgehead atoms. The van der Waals surface area contributed by atoms with Crippen molar-refractivity contribution in [3.8, 4) is 0 Å². The van der Waals surface area contributed by atoms with Crippen LogP contribution in [0.1, 0.15) is 75.8 Å². The van der Waals surface area contributed by atoms with Gasteiger partial charge in [0.25, 0.3) is 20.2 Å². The maximum Gasteiger partial charge on any atom is 0.294 e. The number of sulfonamides is 1. The molecule has 0 aliphatic rings. The number of nitrogens with zero attached hydrogens (tertiary/aromatic N) is 2. The van der Waals surface area contributed by atoms with Gasteiger partial charge >= 0.3 is 0 Å². The van der Waals surface area contributed by atoms with E-state index in [1.807, 2.05) is 58.0 Å². The Labute approximate surface area is 361 Å². The van der Waals surface area contributed by atoms with Crippen molar-refractivity contribution >= 4 is 70.0 Å². The van der Waals surface area contributed by atoms with Crippen LogP contribution < -0.4 is 19.7 Å². The molecular formula is C43H51N4O10S4-. The number of hydrogen-bond donors (Lipinski definition) is 4. The molecule has 5 rings (SSSR count). The largest absolute Gasteiger partial charge is 0.755 e. The molecule has 0 saturated carbocycles. The third-order valence-electron chi connectivity index (χ3n) is 10.6.